The minimum atomic E-state index is 0.0838. The standard InChI is InChI=1S/C19H35N5O2/c1-2-20-19(23-15-18(26)24-12-6-7-13-24)22-11-10-21-17(25)14-16-8-4-3-5-9-16/h16H,2-15H2,1H3,(H,21,25)(H2,20,22,23). The van der Waals surface area contributed by atoms with Gasteiger partial charge in [0.25, 0.3) is 0 Å². The van der Waals surface area contributed by atoms with Crippen LogP contribution in [0.5, 0.6) is 0 Å². The number of hydrogen-bond donors (Lipinski definition) is 3. The van der Waals surface area contributed by atoms with Crippen molar-refractivity contribution in [1.82, 2.24) is 20.9 Å². The quantitative estimate of drug-likeness (QED) is 0.343. The molecule has 2 amide bonds. The zero-order valence-electron chi connectivity index (χ0n) is 16.2. The van der Waals surface area contributed by atoms with E-state index in [0.29, 0.717) is 31.4 Å². The first-order valence-electron chi connectivity index (χ1n) is 10.3. The van der Waals surface area contributed by atoms with Crippen LogP contribution in [-0.4, -0.2) is 61.9 Å². The number of guanidine groups is 1. The van der Waals surface area contributed by atoms with Crippen LogP contribution in [0.15, 0.2) is 4.99 Å². The lowest BCUT2D eigenvalue weighted by atomic mass is 9.87. The number of aliphatic imine (C=N–C) groups is 1. The van der Waals surface area contributed by atoms with Crippen molar-refractivity contribution < 1.29 is 9.59 Å². The summed E-state index contributed by atoms with van der Waals surface area (Å²) in [6, 6.07) is 0. The molecule has 2 fully saturated rings. The molecular formula is C19H35N5O2. The summed E-state index contributed by atoms with van der Waals surface area (Å²) in [6.07, 6.45) is 9.05. The molecule has 2 rings (SSSR count). The Labute approximate surface area is 157 Å². The molecule has 0 spiro atoms. The molecule has 7 nitrogen and oxygen atoms in total. The van der Waals surface area contributed by atoms with Gasteiger partial charge in [-0.3, -0.25) is 9.59 Å². The van der Waals surface area contributed by atoms with E-state index in [1.54, 1.807) is 0 Å². The maximum atomic E-state index is 12.1. The van der Waals surface area contributed by atoms with Gasteiger partial charge in [-0.2, -0.15) is 0 Å². The van der Waals surface area contributed by atoms with Gasteiger partial charge in [0.15, 0.2) is 5.96 Å². The summed E-state index contributed by atoms with van der Waals surface area (Å²) >= 11 is 0. The van der Waals surface area contributed by atoms with Crippen molar-refractivity contribution >= 4 is 17.8 Å². The SMILES string of the molecule is CCNC(=NCC(=O)N1CCCC1)NCCNC(=O)CC1CCCCC1. The van der Waals surface area contributed by atoms with Gasteiger partial charge < -0.3 is 20.9 Å². The topological polar surface area (TPSA) is 85.8 Å². The smallest absolute Gasteiger partial charge is 0.244 e. The van der Waals surface area contributed by atoms with Gasteiger partial charge in [-0.15, -0.1) is 0 Å². The van der Waals surface area contributed by atoms with E-state index in [2.05, 4.69) is 20.9 Å². The Morgan fingerprint density at radius 2 is 1.65 bits per heavy atom. The van der Waals surface area contributed by atoms with Gasteiger partial charge >= 0.3 is 0 Å². The number of hydrogen-bond acceptors (Lipinski definition) is 3. The highest BCUT2D eigenvalue weighted by molar-refractivity contribution is 5.85. The van der Waals surface area contributed by atoms with Crippen LogP contribution in [0, 0.1) is 5.92 Å². The lowest BCUT2D eigenvalue weighted by molar-refractivity contribution is -0.128. The summed E-state index contributed by atoms with van der Waals surface area (Å²) in [7, 11) is 0. The second-order valence-electron chi connectivity index (χ2n) is 7.27. The monoisotopic (exact) mass is 365 g/mol. The Bertz CT molecular complexity index is 469. The van der Waals surface area contributed by atoms with Gasteiger partial charge in [0.2, 0.25) is 11.8 Å². The van der Waals surface area contributed by atoms with Crippen molar-refractivity contribution in [3.8, 4) is 0 Å². The fourth-order valence-electron chi connectivity index (χ4n) is 3.66. The second-order valence-corrected chi connectivity index (χ2v) is 7.27. The van der Waals surface area contributed by atoms with Crippen molar-refractivity contribution in [3.05, 3.63) is 0 Å². The van der Waals surface area contributed by atoms with E-state index in [-0.39, 0.29) is 18.4 Å². The Morgan fingerprint density at radius 3 is 2.35 bits per heavy atom. The number of nitrogens with one attached hydrogen (secondary N) is 3. The Hall–Kier alpha value is -1.79. The Kier molecular flexibility index (Phi) is 9.28. The van der Waals surface area contributed by atoms with E-state index >= 15 is 0 Å². The van der Waals surface area contributed by atoms with Crippen molar-refractivity contribution in [2.24, 2.45) is 10.9 Å². The number of amides is 2. The molecule has 1 saturated heterocycles. The van der Waals surface area contributed by atoms with Crippen LogP contribution >= 0.6 is 0 Å². The summed E-state index contributed by atoms with van der Waals surface area (Å²) in [6.45, 7) is 5.76. The van der Waals surface area contributed by atoms with Gasteiger partial charge in [0.1, 0.15) is 6.54 Å². The highest BCUT2D eigenvalue weighted by atomic mass is 16.2. The summed E-state index contributed by atoms with van der Waals surface area (Å²) in [5.74, 6) is 1.42. The fraction of sp³-hybridized carbons (Fsp3) is 0.842. The minimum Gasteiger partial charge on any atom is -0.357 e. The fourth-order valence-corrected chi connectivity index (χ4v) is 3.66. The van der Waals surface area contributed by atoms with Gasteiger partial charge in [-0.05, 0) is 38.5 Å². The van der Waals surface area contributed by atoms with Crippen LogP contribution in [-0.2, 0) is 9.59 Å². The lowest BCUT2D eigenvalue weighted by Crippen LogP contribution is -2.42. The largest absolute Gasteiger partial charge is 0.357 e. The van der Waals surface area contributed by atoms with Crippen molar-refractivity contribution in [3.63, 3.8) is 0 Å². The van der Waals surface area contributed by atoms with Crippen LogP contribution in [0.2, 0.25) is 0 Å². The van der Waals surface area contributed by atoms with Gasteiger partial charge in [-0.1, -0.05) is 19.3 Å². The molecule has 1 aliphatic carbocycles. The van der Waals surface area contributed by atoms with E-state index in [1.165, 1.54) is 32.1 Å². The van der Waals surface area contributed by atoms with Crippen LogP contribution in [0.1, 0.15) is 58.3 Å². The van der Waals surface area contributed by atoms with E-state index in [9.17, 15) is 9.59 Å². The van der Waals surface area contributed by atoms with Gasteiger partial charge in [-0.25, -0.2) is 4.99 Å². The zero-order chi connectivity index (χ0) is 18.6. The molecule has 1 saturated carbocycles. The van der Waals surface area contributed by atoms with Crippen LogP contribution in [0.3, 0.4) is 0 Å². The molecule has 0 aromatic heterocycles. The molecule has 7 heteroatoms. The van der Waals surface area contributed by atoms with E-state index in [4.69, 9.17) is 0 Å². The second kappa shape index (κ2) is 11.8. The van der Waals surface area contributed by atoms with Gasteiger partial charge in [0.05, 0.1) is 0 Å². The lowest BCUT2D eigenvalue weighted by Gasteiger charge is -2.21. The average molecular weight is 366 g/mol. The van der Waals surface area contributed by atoms with Crippen LogP contribution < -0.4 is 16.0 Å². The van der Waals surface area contributed by atoms with Crippen molar-refractivity contribution in [2.45, 2.75) is 58.3 Å². The summed E-state index contributed by atoms with van der Waals surface area (Å²) < 4.78 is 0. The molecule has 0 bridgehead atoms. The third-order valence-corrected chi connectivity index (χ3v) is 5.11. The third kappa shape index (κ3) is 7.62. The first-order valence-corrected chi connectivity index (χ1v) is 10.3. The number of carbonyl (C=O) groups is 2. The average Bonchev–Trinajstić information content (AvgIpc) is 3.18. The molecule has 0 unspecified atom stereocenters. The highest BCUT2D eigenvalue weighted by Gasteiger charge is 2.18. The maximum Gasteiger partial charge on any atom is 0.244 e. The number of rotatable bonds is 8. The molecule has 148 valence electrons. The molecule has 1 heterocycles. The number of carbonyl (C=O) groups excluding carboxylic acids is 2. The minimum absolute atomic E-state index is 0.0838. The van der Waals surface area contributed by atoms with Crippen molar-refractivity contribution in [1.29, 1.82) is 0 Å². The Balaban J connectivity index is 1.62. The van der Waals surface area contributed by atoms with E-state index in [1.807, 2.05) is 11.8 Å². The van der Waals surface area contributed by atoms with Crippen molar-refractivity contribution in [2.75, 3.05) is 39.3 Å². The number of nitrogens with zero attached hydrogens (tertiary/aromatic N) is 2. The predicted molar refractivity (Wildman–Crippen MR) is 104 cm³/mol. The molecule has 26 heavy (non-hydrogen) atoms. The summed E-state index contributed by atoms with van der Waals surface area (Å²) in [4.78, 5) is 30.3. The van der Waals surface area contributed by atoms with Gasteiger partial charge in [0, 0.05) is 39.1 Å². The third-order valence-electron chi connectivity index (χ3n) is 5.11. The molecule has 1 aliphatic heterocycles. The van der Waals surface area contributed by atoms with E-state index in [0.717, 1.165) is 32.5 Å². The first kappa shape index (κ1) is 20.5. The first-order chi connectivity index (χ1) is 12.7. The zero-order valence-corrected chi connectivity index (χ0v) is 16.2. The molecule has 0 radical (unpaired) electrons. The molecule has 2 aliphatic rings. The maximum absolute atomic E-state index is 12.1. The molecular weight excluding hydrogens is 330 g/mol. The molecule has 3 N–H and O–H groups in total. The molecule has 0 aromatic carbocycles. The number of likely N-dealkylation sites (tertiary alicyclic amines) is 1. The highest BCUT2D eigenvalue weighted by Crippen LogP contribution is 2.25. The molecule has 0 atom stereocenters. The van der Waals surface area contributed by atoms with E-state index < -0.39 is 0 Å². The predicted octanol–water partition coefficient (Wildman–Crippen LogP) is 1.25. The van der Waals surface area contributed by atoms with Crippen LogP contribution in [0.25, 0.3) is 0 Å². The Morgan fingerprint density at radius 1 is 0.962 bits per heavy atom. The summed E-state index contributed by atoms with van der Waals surface area (Å²) in [5, 5.41) is 9.29. The summed E-state index contributed by atoms with van der Waals surface area (Å²) in [5.41, 5.74) is 0. The van der Waals surface area contributed by atoms with Crippen LogP contribution in [0.4, 0.5) is 0 Å². The normalized spacial score (nSPS) is 18.7. The molecule has 0 aromatic rings.